The van der Waals surface area contributed by atoms with Crippen molar-refractivity contribution in [2.45, 2.75) is 25.0 Å². The van der Waals surface area contributed by atoms with Crippen LogP contribution in [0.3, 0.4) is 0 Å². The van der Waals surface area contributed by atoms with Crippen LogP contribution in [0.15, 0.2) is 0 Å². The molecule has 1 heterocycles. The summed E-state index contributed by atoms with van der Waals surface area (Å²) < 4.78 is 15.5. The Bertz CT molecular complexity index is 200. The van der Waals surface area contributed by atoms with Crippen LogP contribution in [0.25, 0.3) is 0 Å². The van der Waals surface area contributed by atoms with Gasteiger partial charge in [-0.25, -0.2) is 0 Å². The number of rotatable bonds is 2. The lowest BCUT2D eigenvalue weighted by Crippen LogP contribution is -2.45. The van der Waals surface area contributed by atoms with Crippen molar-refractivity contribution in [3.8, 4) is 0 Å². The van der Waals surface area contributed by atoms with Crippen LogP contribution >= 0.6 is 0 Å². The molecular formula is C9H14O4. The molecule has 0 aromatic carbocycles. The Morgan fingerprint density at radius 3 is 2.62 bits per heavy atom. The number of carbonyl (C=O) groups is 1. The van der Waals surface area contributed by atoms with Crippen molar-refractivity contribution in [3.05, 3.63) is 0 Å². The lowest BCUT2D eigenvalue weighted by Gasteiger charge is -2.42. The zero-order valence-corrected chi connectivity index (χ0v) is 7.75. The molecular weight excluding hydrogens is 172 g/mol. The lowest BCUT2D eigenvalue weighted by atomic mass is 9.77. The smallest absolute Gasteiger partial charge is 0.305 e. The van der Waals surface area contributed by atoms with Crippen LogP contribution in [-0.4, -0.2) is 32.1 Å². The summed E-state index contributed by atoms with van der Waals surface area (Å²) in [6.45, 7) is 1.37. The Kier molecular flexibility index (Phi) is 2.26. The molecule has 0 N–H and O–H groups in total. The Balaban J connectivity index is 1.74. The van der Waals surface area contributed by atoms with Crippen molar-refractivity contribution in [2.24, 2.45) is 5.92 Å². The van der Waals surface area contributed by atoms with Gasteiger partial charge >= 0.3 is 5.97 Å². The molecule has 0 aromatic rings. The van der Waals surface area contributed by atoms with Crippen molar-refractivity contribution >= 4 is 5.97 Å². The summed E-state index contributed by atoms with van der Waals surface area (Å²) in [7, 11) is 1.42. The zero-order chi connectivity index (χ0) is 9.31. The molecule has 4 heteroatoms. The summed E-state index contributed by atoms with van der Waals surface area (Å²) in [5.74, 6) is -0.0954. The molecule has 0 bridgehead atoms. The van der Waals surface area contributed by atoms with Gasteiger partial charge in [-0.1, -0.05) is 0 Å². The number of hydrogen-bond donors (Lipinski definition) is 0. The molecule has 2 aliphatic rings. The van der Waals surface area contributed by atoms with Gasteiger partial charge in [0.05, 0.1) is 20.3 Å². The molecule has 2 fully saturated rings. The van der Waals surface area contributed by atoms with Gasteiger partial charge in [-0.2, -0.15) is 0 Å². The van der Waals surface area contributed by atoms with Gasteiger partial charge in [0.2, 0.25) is 0 Å². The van der Waals surface area contributed by atoms with Crippen molar-refractivity contribution in [3.63, 3.8) is 0 Å². The highest BCUT2D eigenvalue weighted by atomic mass is 16.7. The van der Waals surface area contributed by atoms with Crippen LogP contribution in [0.2, 0.25) is 0 Å². The third-order valence-corrected chi connectivity index (χ3v) is 2.70. The maximum Gasteiger partial charge on any atom is 0.305 e. The number of esters is 1. The maximum absolute atomic E-state index is 10.9. The average Bonchev–Trinajstić information content (AvgIpc) is 2.52. The SMILES string of the molecule is COC(=O)CC1CC2(C1)OCCO2. The van der Waals surface area contributed by atoms with Crippen molar-refractivity contribution in [1.29, 1.82) is 0 Å². The number of methoxy groups -OCH3 is 1. The second-order valence-corrected chi connectivity index (χ2v) is 3.66. The normalized spacial score (nSPS) is 25.9. The minimum Gasteiger partial charge on any atom is -0.469 e. The van der Waals surface area contributed by atoms with Crippen LogP contribution in [0.5, 0.6) is 0 Å². The van der Waals surface area contributed by atoms with Crippen LogP contribution in [0, 0.1) is 5.92 Å². The van der Waals surface area contributed by atoms with Crippen LogP contribution in [-0.2, 0) is 19.0 Å². The van der Waals surface area contributed by atoms with E-state index >= 15 is 0 Å². The van der Waals surface area contributed by atoms with E-state index in [0.717, 1.165) is 12.8 Å². The molecule has 0 aromatic heterocycles. The maximum atomic E-state index is 10.9. The van der Waals surface area contributed by atoms with Gasteiger partial charge in [-0.05, 0) is 5.92 Å². The van der Waals surface area contributed by atoms with Gasteiger partial charge in [0.1, 0.15) is 0 Å². The fourth-order valence-corrected chi connectivity index (χ4v) is 2.02. The first-order chi connectivity index (χ1) is 6.24. The quantitative estimate of drug-likeness (QED) is 0.595. The average molecular weight is 186 g/mol. The molecule has 0 unspecified atom stereocenters. The van der Waals surface area contributed by atoms with E-state index in [0.29, 0.717) is 25.6 Å². The van der Waals surface area contributed by atoms with E-state index in [1.807, 2.05) is 0 Å². The van der Waals surface area contributed by atoms with Crippen LogP contribution in [0.4, 0.5) is 0 Å². The number of hydrogen-bond acceptors (Lipinski definition) is 4. The standard InChI is InChI=1S/C9H14O4/c1-11-8(10)4-7-5-9(6-7)12-2-3-13-9/h7H,2-6H2,1H3. The minimum atomic E-state index is -0.335. The number of carbonyl (C=O) groups excluding carboxylic acids is 1. The fourth-order valence-electron chi connectivity index (χ4n) is 2.02. The third kappa shape index (κ3) is 1.69. The Labute approximate surface area is 77.1 Å². The van der Waals surface area contributed by atoms with E-state index in [1.54, 1.807) is 0 Å². The largest absolute Gasteiger partial charge is 0.469 e. The van der Waals surface area contributed by atoms with E-state index in [-0.39, 0.29) is 11.8 Å². The predicted octanol–water partition coefficient (Wildman–Crippen LogP) is 0.703. The molecule has 1 aliphatic heterocycles. The summed E-state index contributed by atoms with van der Waals surface area (Å²) >= 11 is 0. The van der Waals surface area contributed by atoms with Crippen LogP contribution in [0.1, 0.15) is 19.3 Å². The third-order valence-electron chi connectivity index (χ3n) is 2.70. The summed E-state index contributed by atoms with van der Waals surface area (Å²) in [5, 5.41) is 0. The Morgan fingerprint density at radius 2 is 2.08 bits per heavy atom. The molecule has 1 saturated heterocycles. The first kappa shape index (κ1) is 8.97. The van der Waals surface area contributed by atoms with Gasteiger partial charge in [0.15, 0.2) is 5.79 Å². The minimum absolute atomic E-state index is 0.141. The van der Waals surface area contributed by atoms with E-state index < -0.39 is 0 Å². The summed E-state index contributed by atoms with van der Waals surface area (Å²) in [5.41, 5.74) is 0. The molecule has 1 aliphatic carbocycles. The van der Waals surface area contributed by atoms with E-state index in [9.17, 15) is 4.79 Å². The highest BCUT2D eigenvalue weighted by Crippen LogP contribution is 2.45. The molecule has 0 atom stereocenters. The molecule has 4 nitrogen and oxygen atoms in total. The van der Waals surface area contributed by atoms with Crippen molar-refractivity contribution in [1.82, 2.24) is 0 Å². The first-order valence-corrected chi connectivity index (χ1v) is 4.59. The first-order valence-electron chi connectivity index (χ1n) is 4.59. The summed E-state index contributed by atoms with van der Waals surface area (Å²) in [6, 6.07) is 0. The van der Waals surface area contributed by atoms with E-state index in [4.69, 9.17) is 9.47 Å². The summed E-state index contributed by atoms with van der Waals surface area (Å²) in [6.07, 6.45) is 2.16. The second kappa shape index (κ2) is 3.27. The molecule has 2 rings (SSSR count). The zero-order valence-electron chi connectivity index (χ0n) is 7.75. The van der Waals surface area contributed by atoms with Gasteiger partial charge < -0.3 is 14.2 Å². The Hall–Kier alpha value is -0.610. The van der Waals surface area contributed by atoms with E-state index in [2.05, 4.69) is 4.74 Å². The second-order valence-electron chi connectivity index (χ2n) is 3.66. The molecule has 0 amide bonds. The molecule has 13 heavy (non-hydrogen) atoms. The Morgan fingerprint density at radius 1 is 1.46 bits per heavy atom. The molecule has 1 spiro atoms. The summed E-state index contributed by atoms with van der Waals surface area (Å²) in [4.78, 5) is 10.9. The fraction of sp³-hybridized carbons (Fsp3) is 0.889. The lowest BCUT2D eigenvalue weighted by molar-refractivity contribution is -0.231. The van der Waals surface area contributed by atoms with Crippen molar-refractivity contribution in [2.75, 3.05) is 20.3 Å². The molecule has 74 valence electrons. The predicted molar refractivity (Wildman–Crippen MR) is 44.0 cm³/mol. The van der Waals surface area contributed by atoms with E-state index in [1.165, 1.54) is 7.11 Å². The van der Waals surface area contributed by atoms with Crippen LogP contribution < -0.4 is 0 Å². The highest BCUT2D eigenvalue weighted by molar-refractivity contribution is 5.69. The highest BCUT2D eigenvalue weighted by Gasteiger charge is 2.49. The van der Waals surface area contributed by atoms with Gasteiger partial charge in [0.25, 0.3) is 0 Å². The topological polar surface area (TPSA) is 44.8 Å². The molecule has 1 saturated carbocycles. The van der Waals surface area contributed by atoms with Gasteiger partial charge in [-0.3, -0.25) is 4.79 Å². The monoisotopic (exact) mass is 186 g/mol. The van der Waals surface area contributed by atoms with Gasteiger partial charge in [0, 0.05) is 19.3 Å². The van der Waals surface area contributed by atoms with Crippen molar-refractivity contribution < 1.29 is 19.0 Å². The number of ether oxygens (including phenoxy) is 3. The van der Waals surface area contributed by atoms with Gasteiger partial charge in [-0.15, -0.1) is 0 Å². The molecule has 0 radical (unpaired) electrons.